The molecular weight excluding hydrogens is 164 g/mol. The first-order valence-electron chi connectivity index (χ1n) is 5.30. The zero-order valence-electron chi connectivity index (χ0n) is 8.42. The van der Waals surface area contributed by atoms with E-state index in [2.05, 4.69) is 17.3 Å². The fourth-order valence-electron chi connectivity index (χ4n) is 3.02. The molecule has 2 unspecified atom stereocenters. The lowest BCUT2D eigenvalue weighted by atomic mass is 9.70. The van der Waals surface area contributed by atoms with Gasteiger partial charge in [-0.15, -0.1) is 0 Å². The van der Waals surface area contributed by atoms with E-state index in [0.717, 1.165) is 13.1 Å². The maximum atomic E-state index is 9.53. The van der Waals surface area contributed by atoms with Crippen molar-refractivity contribution in [2.75, 3.05) is 33.3 Å². The monoisotopic (exact) mass is 184 g/mol. The fourth-order valence-corrected chi connectivity index (χ4v) is 3.02. The number of rotatable bonds is 1. The third kappa shape index (κ3) is 1.49. The van der Waals surface area contributed by atoms with E-state index in [1.165, 1.54) is 25.8 Å². The molecular formula is C10H20N2O. The number of hydrogen-bond donors (Lipinski definition) is 2. The zero-order chi connectivity index (χ0) is 9.31. The second-order valence-electron chi connectivity index (χ2n) is 4.59. The first-order valence-corrected chi connectivity index (χ1v) is 5.30. The summed E-state index contributed by atoms with van der Waals surface area (Å²) >= 11 is 0. The summed E-state index contributed by atoms with van der Waals surface area (Å²) in [5, 5.41) is 12.9. The molecule has 2 N–H and O–H groups in total. The number of nitrogens with one attached hydrogen (secondary N) is 1. The largest absolute Gasteiger partial charge is 0.396 e. The lowest BCUT2D eigenvalue weighted by molar-refractivity contribution is -0.0319. The molecule has 76 valence electrons. The topological polar surface area (TPSA) is 35.5 Å². The Kier molecular flexibility index (Phi) is 2.58. The molecule has 2 aliphatic heterocycles. The van der Waals surface area contributed by atoms with Crippen LogP contribution in [-0.4, -0.2) is 49.3 Å². The lowest BCUT2D eigenvalue weighted by Crippen LogP contribution is -2.60. The summed E-state index contributed by atoms with van der Waals surface area (Å²) in [6.07, 6.45) is 3.61. The molecule has 2 fully saturated rings. The summed E-state index contributed by atoms with van der Waals surface area (Å²) in [5.41, 5.74) is 0.158. The second kappa shape index (κ2) is 3.56. The molecule has 2 aliphatic rings. The Balaban J connectivity index is 2.16. The molecule has 3 heteroatoms. The Morgan fingerprint density at radius 1 is 1.62 bits per heavy atom. The minimum Gasteiger partial charge on any atom is -0.396 e. The minimum absolute atomic E-state index is 0.158. The molecule has 3 nitrogen and oxygen atoms in total. The highest BCUT2D eigenvalue weighted by Crippen LogP contribution is 2.37. The molecule has 0 amide bonds. The van der Waals surface area contributed by atoms with Gasteiger partial charge >= 0.3 is 0 Å². The Morgan fingerprint density at radius 2 is 2.46 bits per heavy atom. The van der Waals surface area contributed by atoms with Crippen LogP contribution in [0.4, 0.5) is 0 Å². The van der Waals surface area contributed by atoms with Crippen LogP contribution < -0.4 is 5.32 Å². The Hall–Kier alpha value is -0.120. The summed E-state index contributed by atoms with van der Waals surface area (Å²) < 4.78 is 0. The number of hydrogen-bond acceptors (Lipinski definition) is 3. The van der Waals surface area contributed by atoms with Crippen LogP contribution in [-0.2, 0) is 0 Å². The van der Waals surface area contributed by atoms with Gasteiger partial charge in [0.15, 0.2) is 0 Å². The first kappa shape index (κ1) is 9.44. The Labute approximate surface area is 80.1 Å². The minimum atomic E-state index is 0.158. The van der Waals surface area contributed by atoms with Gasteiger partial charge in [-0.2, -0.15) is 0 Å². The standard InChI is InChI=1S/C10H20N2O/c1-12-6-2-4-10(8-13)7-11-5-3-9(10)12/h9,11,13H,2-8H2,1H3. The van der Waals surface area contributed by atoms with Crippen LogP contribution in [0.5, 0.6) is 0 Å². The van der Waals surface area contributed by atoms with Gasteiger partial charge in [0.25, 0.3) is 0 Å². The second-order valence-corrected chi connectivity index (χ2v) is 4.59. The molecule has 0 radical (unpaired) electrons. The van der Waals surface area contributed by atoms with Gasteiger partial charge in [0.1, 0.15) is 0 Å². The van der Waals surface area contributed by atoms with Crippen molar-refractivity contribution in [3.05, 3.63) is 0 Å². The van der Waals surface area contributed by atoms with Crippen LogP contribution in [0.2, 0.25) is 0 Å². The fraction of sp³-hybridized carbons (Fsp3) is 1.00. The van der Waals surface area contributed by atoms with Crippen molar-refractivity contribution >= 4 is 0 Å². The molecule has 0 aromatic heterocycles. The smallest absolute Gasteiger partial charge is 0.0514 e. The molecule has 0 saturated carbocycles. The number of likely N-dealkylation sites (tertiary alicyclic amines) is 1. The molecule has 13 heavy (non-hydrogen) atoms. The van der Waals surface area contributed by atoms with Crippen molar-refractivity contribution < 1.29 is 5.11 Å². The molecule has 0 aromatic carbocycles. The van der Waals surface area contributed by atoms with Gasteiger partial charge < -0.3 is 15.3 Å². The van der Waals surface area contributed by atoms with Gasteiger partial charge in [0.05, 0.1) is 6.61 Å². The maximum absolute atomic E-state index is 9.53. The summed E-state index contributed by atoms with van der Waals surface area (Å²) in [4.78, 5) is 2.43. The van der Waals surface area contributed by atoms with Gasteiger partial charge in [-0.25, -0.2) is 0 Å². The molecule has 2 rings (SSSR count). The van der Waals surface area contributed by atoms with E-state index in [-0.39, 0.29) is 5.41 Å². The normalized spacial score (nSPS) is 41.5. The van der Waals surface area contributed by atoms with E-state index in [1.54, 1.807) is 0 Å². The molecule has 2 heterocycles. The van der Waals surface area contributed by atoms with Gasteiger partial charge in [-0.05, 0) is 39.4 Å². The summed E-state index contributed by atoms with van der Waals surface area (Å²) in [6, 6.07) is 0.604. The molecule has 2 atom stereocenters. The summed E-state index contributed by atoms with van der Waals surface area (Å²) in [6.45, 7) is 3.65. The highest BCUT2D eigenvalue weighted by atomic mass is 16.3. The molecule has 0 spiro atoms. The predicted molar refractivity (Wildman–Crippen MR) is 52.7 cm³/mol. The van der Waals surface area contributed by atoms with Crippen LogP contribution in [0.15, 0.2) is 0 Å². The van der Waals surface area contributed by atoms with E-state index < -0.39 is 0 Å². The van der Waals surface area contributed by atoms with E-state index in [4.69, 9.17) is 0 Å². The van der Waals surface area contributed by atoms with E-state index in [0.29, 0.717) is 12.6 Å². The number of aliphatic hydroxyl groups excluding tert-OH is 1. The van der Waals surface area contributed by atoms with Crippen LogP contribution in [0.1, 0.15) is 19.3 Å². The number of piperidine rings is 2. The zero-order valence-corrected chi connectivity index (χ0v) is 8.42. The van der Waals surface area contributed by atoms with E-state index in [9.17, 15) is 5.11 Å². The van der Waals surface area contributed by atoms with Crippen LogP contribution in [0.3, 0.4) is 0 Å². The molecule has 0 aromatic rings. The van der Waals surface area contributed by atoms with Gasteiger partial charge in [0.2, 0.25) is 0 Å². The van der Waals surface area contributed by atoms with Crippen LogP contribution in [0.25, 0.3) is 0 Å². The van der Waals surface area contributed by atoms with Crippen LogP contribution in [0, 0.1) is 5.41 Å². The summed E-state index contributed by atoms with van der Waals surface area (Å²) in [5.74, 6) is 0. The predicted octanol–water partition coefficient (Wildman–Crippen LogP) is 0.0526. The van der Waals surface area contributed by atoms with Crippen molar-refractivity contribution in [1.29, 1.82) is 0 Å². The average molecular weight is 184 g/mol. The quantitative estimate of drug-likeness (QED) is 0.604. The molecule has 2 saturated heterocycles. The van der Waals surface area contributed by atoms with Crippen molar-refractivity contribution in [2.45, 2.75) is 25.3 Å². The maximum Gasteiger partial charge on any atom is 0.0514 e. The Morgan fingerprint density at radius 3 is 3.15 bits per heavy atom. The van der Waals surface area contributed by atoms with Crippen LogP contribution >= 0.6 is 0 Å². The lowest BCUT2D eigenvalue weighted by Gasteiger charge is -2.51. The highest BCUT2D eigenvalue weighted by molar-refractivity contribution is 4.99. The van der Waals surface area contributed by atoms with Crippen molar-refractivity contribution in [1.82, 2.24) is 10.2 Å². The van der Waals surface area contributed by atoms with Gasteiger partial charge in [-0.1, -0.05) is 0 Å². The number of aliphatic hydroxyl groups is 1. The molecule has 0 aliphatic carbocycles. The SMILES string of the molecule is CN1CCCC2(CO)CNCCC12. The van der Waals surface area contributed by atoms with Gasteiger partial charge in [-0.3, -0.25) is 0 Å². The van der Waals surface area contributed by atoms with Crippen molar-refractivity contribution in [3.63, 3.8) is 0 Å². The van der Waals surface area contributed by atoms with Crippen molar-refractivity contribution in [3.8, 4) is 0 Å². The summed E-state index contributed by atoms with van der Waals surface area (Å²) in [7, 11) is 2.19. The Bertz CT molecular complexity index is 182. The number of fused-ring (bicyclic) bond motifs is 1. The molecule has 0 bridgehead atoms. The van der Waals surface area contributed by atoms with Gasteiger partial charge in [0, 0.05) is 18.0 Å². The van der Waals surface area contributed by atoms with E-state index in [1.807, 2.05) is 0 Å². The average Bonchev–Trinajstić information content (AvgIpc) is 2.18. The van der Waals surface area contributed by atoms with Crippen molar-refractivity contribution in [2.24, 2.45) is 5.41 Å². The first-order chi connectivity index (χ1) is 6.28. The highest BCUT2D eigenvalue weighted by Gasteiger charge is 2.44. The third-order valence-electron chi connectivity index (χ3n) is 3.81. The third-order valence-corrected chi connectivity index (χ3v) is 3.81. The number of nitrogens with zero attached hydrogens (tertiary/aromatic N) is 1. The van der Waals surface area contributed by atoms with E-state index >= 15 is 0 Å².